The van der Waals surface area contributed by atoms with Crippen LogP contribution in [0.3, 0.4) is 0 Å². The summed E-state index contributed by atoms with van der Waals surface area (Å²) in [4.78, 5) is 20.3. The van der Waals surface area contributed by atoms with Crippen LogP contribution < -0.4 is 11.1 Å². The SMILES string of the molecule is C/C=C(/O)NC(=O)C(N)=O. The first-order valence-corrected chi connectivity index (χ1v) is 2.54. The van der Waals surface area contributed by atoms with Crippen LogP contribution in [-0.4, -0.2) is 16.9 Å². The molecule has 0 heterocycles. The molecule has 56 valence electrons. The van der Waals surface area contributed by atoms with E-state index in [1.165, 1.54) is 13.0 Å². The molecule has 4 N–H and O–H groups in total. The van der Waals surface area contributed by atoms with E-state index in [9.17, 15) is 9.59 Å². The lowest BCUT2D eigenvalue weighted by Crippen LogP contribution is -2.35. The monoisotopic (exact) mass is 144 g/mol. The first-order chi connectivity index (χ1) is 4.57. The number of carbonyl (C=O) groups is 2. The number of rotatable bonds is 1. The molecule has 10 heavy (non-hydrogen) atoms. The van der Waals surface area contributed by atoms with Crippen LogP contribution in [0.1, 0.15) is 6.92 Å². The minimum Gasteiger partial charge on any atom is -0.495 e. The molecule has 0 saturated carbocycles. The highest BCUT2D eigenvalue weighted by Crippen LogP contribution is 1.78. The van der Waals surface area contributed by atoms with E-state index >= 15 is 0 Å². The lowest BCUT2D eigenvalue weighted by Gasteiger charge is -1.97. The summed E-state index contributed by atoms with van der Waals surface area (Å²) in [6.45, 7) is 1.50. The van der Waals surface area contributed by atoms with Crippen LogP contribution in [0, 0.1) is 0 Å². The molecule has 2 amide bonds. The van der Waals surface area contributed by atoms with Gasteiger partial charge in [0.15, 0.2) is 5.88 Å². The molecule has 0 spiro atoms. The topological polar surface area (TPSA) is 92.4 Å². The van der Waals surface area contributed by atoms with Gasteiger partial charge in [0.1, 0.15) is 0 Å². The molecule has 0 atom stereocenters. The van der Waals surface area contributed by atoms with Crippen molar-refractivity contribution >= 4 is 11.8 Å². The Hall–Kier alpha value is -1.52. The molecule has 0 aromatic rings. The quantitative estimate of drug-likeness (QED) is 0.326. The molecule has 0 aliphatic rings. The van der Waals surface area contributed by atoms with E-state index in [2.05, 4.69) is 5.73 Å². The molecule has 0 rings (SSSR count). The van der Waals surface area contributed by atoms with Crippen molar-refractivity contribution in [3.8, 4) is 0 Å². The average molecular weight is 144 g/mol. The van der Waals surface area contributed by atoms with Gasteiger partial charge >= 0.3 is 11.8 Å². The van der Waals surface area contributed by atoms with Crippen LogP contribution in [-0.2, 0) is 9.59 Å². The molecule has 5 heteroatoms. The smallest absolute Gasteiger partial charge is 0.315 e. The van der Waals surface area contributed by atoms with Gasteiger partial charge in [-0.05, 0) is 13.0 Å². The number of primary amides is 1. The molecule has 0 aliphatic heterocycles. The van der Waals surface area contributed by atoms with Crippen molar-refractivity contribution in [1.29, 1.82) is 0 Å². The lowest BCUT2D eigenvalue weighted by atomic mass is 10.5. The summed E-state index contributed by atoms with van der Waals surface area (Å²) < 4.78 is 0. The summed E-state index contributed by atoms with van der Waals surface area (Å²) >= 11 is 0. The third-order valence-electron chi connectivity index (χ3n) is 0.739. The van der Waals surface area contributed by atoms with E-state index in [1.807, 2.05) is 5.32 Å². The summed E-state index contributed by atoms with van der Waals surface area (Å²) in [6, 6.07) is 0. The summed E-state index contributed by atoms with van der Waals surface area (Å²) in [5, 5.41) is 10.4. The Bertz CT molecular complexity index is 185. The van der Waals surface area contributed by atoms with Crippen molar-refractivity contribution in [1.82, 2.24) is 5.32 Å². The molecule has 0 radical (unpaired) electrons. The third-order valence-corrected chi connectivity index (χ3v) is 0.739. The molecule has 0 unspecified atom stereocenters. The van der Waals surface area contributed by atoms with Crippen LogP contribution >= 0.6 is 0 Å². The van der Waals surface area contributed by atoms with E-state index in [-0.39, 0.29) is 5.88 Å². The number of hydrogen-bond acceptors (Lipinski definition) is 3. The number of hydrogen-bond donors (Lipinski definition) is 3. The van der Waals surface area contributed by atoms with Gasteiger partial charge in [0.05, 0.1) is 0 Å². The maximum absolute atomic E-state index is 10.3. The molecule has 0 saturated heterocycles. The van der Waals surface area contributed by atoms with Crippen molar-refractivity contribution in [2.45, 2.75) is 6.92 Å². The first kappa shape index (κ1) is 8.48. The maximum Gasteiger partial charge on any atom is 0.315 e. The molecule has 0 aromatic heterocycles. The normalized spacial score (nSPS) is 10.7. The van der Waals surface area contributed by atoms with Crippen LogP contribution in [0.5, 0.6) is 0 Å². The third kappa shape index (κ3) is 2.71. The van der Waals surface area contributed by atoms with Gasteiger partial charge < -0.3 is 10.8 Å². The number of aliphatic hydroxyl groups excluding tert-OH is 1. The van der Waals surface area contributed by atoms with E-state index in [1.54, 1.807) is 0 Å². The number of nitrogens with two attached hydrogens (primary N) is 1. The fraction of sp³-hybridized carbons (Fsp3) is 0.200. The zero-order chi connectivity index (χ0) is 8.15. The molecule has 0 aromatic carbocycles. The largest absolute Gasteiger partial charge is 0.495 e. The Kier molecular flexibility index (Phi) is 2.96. The molecule has 0 fully saturated rings. The number of allylic oxidation sites excluding steroid dienone is 1. The minimum atomic E-state index is -1.13. The predicted octanol–water partition coefficient (Wildman–Crippen LogP) is -0.993. The summed E-state index contributed by atoms with van der Waals surface area (Å²) in [5.41, 5.74) is 4.55. The maximum atomic E-state index is 10.3. The Balaban J connectivity index is 3.93. The Morgan fingerprint density at radius 3 is 2.40 bits per heavy atom. The fourth-order valence-corrected chi connectivity index (χ4v) is 0.250. The summed E-state index contributed by atoms with van der Waals surface area (Å²) in [6.07, 6.45) is 1.22. The van der Waals surface area contributed by atoms with Gasteiger partial charge in [-0.2, -0.15) is 0 Å². The fourth-order valence-electron chi connectivity index (χ4n) is 0.250. The Morgan fingerprint density at radius 2 is 2.10 bits per heavy atom. The van der Waals surface area contributed by atoms with Crippen molar-refractivity contribution in [3.63, 3.8) is 0 Å². The van der Waals surface area contributed by atoms with Crippen molar-refractivity contribution < 1.29 is 14.7 Å². The summed E-state index contributed by atoms with van der Waals surface area (Å²) in [7, 11) is 0. The summed E-state index contributed by atoms with van der Waals surface area (Å²) in [5.74, 6) is -2.55. The van der Waals surface area contributed by atoms with Crippen molar-refractivity contribution in [2.75, 3.05) is 0 Å². The van der Waals surface area contributed by atoms with Crippen molar-refractivity contribution in [2.24, 2.45) is 5.73 Å². The molecule has 0 bridgehead atoms. The van der Waals surface area contributed by atoms with Crippen LogP contribution in [0.25, 0.3) is 0 Å². The standard InChI is InChI=1S/C5H8N2O3/c1-2-3(8)7-5(10)4(6)9/h2,8H,1H3,(H2,6,9)(H,7,10)/b3-2+. The number of nitrogens with one attached hydrogen (secondary N) is 1. The zero-order valence-corrected chi connectivity index (χ0v) is 5.42. The van der Waals surface area contributed by atoms with E-state index in [0.717, 1.165) is 0 Å². The Morgan fingerprint density at radius 1 is 1.60 bits per heavy atom. The lowest BCUT2D eigenvalue weighted by molar-refractivity contribution is -0.137. The molecular weight excluding hydrogens is 136 g/mol. The van der Waals surface area contributed by atoms with Gasteiger partial charge in [0, 0.05) is 0 Å². The average Bonchev–Trinajstić information content (AvgIpc) is 1.87. The van der Waals surface area contributed by atoms with Crippen LogP contribution in [0.4, 0.5) is 0 Å². The number of amides is 2. The minimum absolute atomic E-state index is 0.385. The van der Waals surface area contributed by atoms with Gasteiger partial charge in [0.25, 0.3) is 0 Å². The van der Waals surface area contributed by atoms with Gasteiger partial charge in [-0.25, -0.2) is 0 Å². The predicted molar refractivity (Wildman–Crippen MR) is 33.7 cm³/mol. The van der Waals surface area contributed by atoms with Crippen LogP contribution in [0.2, 0.25) is 0 Å². The zero-order valence-electron chi connectivity index (χ0n) is 5.42. The second kappa shape index (κ2) is 3.49. The number of aliphatic hydroxyl groups is 1. The highest BCUT2D eigenvalue weighted by molar-refractivity contribution is 6.34. The molecular formula is C5H8N2O3. The Labute approximate surface area is 57.5 Å². The van der Waals surface area contributed by atoms with Gasteiger partial charge in [-0.3, -0.25) is 14.9 Å². The first-order valence-electron chi connectivity index (χ1n) is 2.54. The second-order valence-electron chi connectivity index (χ2n) is 1.49. The molecule has 5 nitrogen and oxygen atoms in total. The van der Waals surface area contributed by atoms with Gasteiger partial charge in [0.2, 0.25) is 0 Å². The van der Waals surface area contributed by atoms with Crippen LogP contribution in [0.15, 0.2) is 12.0 Å². The highest BCUT2D eigenvalue weighted by atomic mass is 16.3. The van der Waals surface area contributed by atoms with E-state index < -0.39 is 11.8 Å². The molecule has 0 aliphatic carbocycles. The van der Waals surface area contributed by atoms with Crippen molar-refractivity contribution in [3.05, 3.63) is 12.0 Å². The van der Waals surface area contributed by atoms with Gasteiger partial charge in [-0.15, -0.1) is 0 Å². The van der Waals surface area contributed by atoms with E-state index in [0.29, 0.717) is 0 Å². The highest BCUT2D eigenvalue weighted by Gasteiger charge is 2.07. The number of carbonyl (C=O) groups excluding carboxylic acids is 2. The second-order valence-corrected chi connectivity index (χ2v) is 1.49. The van der Waals surface area contributed by atoms with E-state index in [4.69, 9.17) is 5.11 Å². The van der Waals surface area contributed by atoms with Gasteiger partial charge in [-0.1, -0.05) is 0 Å².